The van der Waals surface area contributed by atoms with E-state index in [1.165, 1.54) is 0 Å². The third-order valence-electron chi connectivity index (χ3n) is 2.66. The number of nitrogens with zero attached hydrogens (tertiary/aromatic N) is 3. The van der Waals surface area contributed by atoms with Crippen molar-refractivity contribution >= 4 is 0 Å². The zero-order chi connectivity index (χ0) is 12.3. The van der Waals surface area contributed by atoms with Gasteiger partial charge in [0.2, 0.25) is 0 Å². The molecule has 0 saturated carbocycles. The Morgan fingerprint density at radius 2 is 2.24 bits per heavy atom. The quantitative estimate of drug-likeness (QED) is 0.807. The molecule has 0 amide bonds. The van der Waals surface area contributed by atoms with Crippen molar-refractivity contribution in [2.24, 2.45) is 0 Å². The smallest absolute Gasteiger partial charge is 0.124 e. The monoisotopic (exact) mass is 227 g/mol. The molecule has 0 aliphatic rings. The van der Waals surface area contributed by atoms with E-state index in [-0.39, 0.29) is 0 Å². The van der Waals surface area contributed by atoms with Crippen LogP contribution in [0.15, 0.2) is 30.5 Å². The molecule has 2 rings (SSSR count). The number of benzene rings is 1. The van der Waals surface area contributed by atoms with Crippen molar-refractivity contribution in [3.8, 4) is 11.8 Å². The van der Waals surface area contributed by atoms with E-state index in [4.69, 9.17) is 10.00 Å². The van der Waals surface area contributed by atoms with Crippen LogP contribution in [0, 0.1) is 18.3 Å². The summed E-state index contributed by atoms with van der Waals surface area (Å²) in [7, 11) is 1.63. The number of aryl methyl sites for hydroxylation is 1. The zero-order valence-electron chi connectivity index (χ0n) is 9.84. The fraction of sp³-hybridized carbons (Fsp3) is 0.231. The molecule has 0 spiro atoms. The van der Waals surface area contributed by atoms with Gasteiger partial charge in [0.05, 0.1) is 25.3 Å². The summed E-state index contributed by atoms with van der Waals surface area (Å²) in [5, 5.41) is 13.1. The Bertz CT molecular complexity index is 566. The number of aromatic nitrogens is 2. The standard InChI is InChI=1S/C13H13N3O/c1-10-5-6-15-16(10)9-12-7-11(8-14)3-4-13(12)17-2/h3-7H,9H2,1-2H3. The van der Waals surface area contributed by atoms with E-state index in [2.05, 4.69) is 11.2 Å². The van der Waals surface area contributed by atoms with Gasteiger partial charge in [0.1, 0.15) is 5.75 Å². The van der Waals surface area contributed by atoms with Crippen LogP contribution in [0.5, 0.6) is 5.75 Å². The molecule has 0 saturated heterocycles. The number of methoxy groups -OCH3 is 1. The highest BCUT2D eigenvalue weighted by molar-refractivity contribution is 5.42. The maximum absolute atomic E-state index is 8.89. The topological polar surface area (TPSA) is 50.8 Å². The average molecular weight is 227 g/mol. The summed E-state index contributed by atoms with van der Waals surface area (Å²) in [5.74, 6) is 0.777. The SMILES string of the molecule is COc1ccc(C#N)cc1Cn1nccc1C. The summed E-state index contributed by atoms with van der Waals surface area (Å²) < 4.78 is 7.16. The molecule has 1 heterocycles. The molecule has 0 atom stereocenters. The van der Waals surface area contributed by atoms with Gasteiger partial charge in [-0.05, 0) is 31.2 Å². The molecular formula is C13H13N3O. The first-order chi connectivity index (χ1) is 8.24. The van der Waals surface area contributed by atoms with Crippen LogP contribution in [0.3, 0.4) is 0 Å². The van der Waals surface area contributed by atoms with Gasteiger partial charge >= 0.3 is 0 Å². The molecular weight excluding hydrogens is 214 g/mol. The maximum atomic E-state index is 8.89. The van der Waals surface area contributed by atoms with Gasteiger partial charge in [0.15, 0.2) is 0 Å². The third kappa shape index (κ3) is 2.28. The number of ether oxygens (including phenoxy) is 1. The van der Waals surface area contributed by atoms with Gasteiger partial charge in [-0.3, -0.25) is 4.68 Å². The number of nitriles is 1. The Hall–Kier alpha value is -2.28. The van der Waals surface area contributed by atoms with Gasteiger partial charge in [-0.25, -0.2) is 0 Å². The van der Waals surface area contributed by atoms with E-state index in [0.29, 0.717) is 12.1 Å². The Balaban J connectivity index is 2.37. The molecule has 2 aromatic rings. The van der Waals surface area contributed by atoms with Crippen LogP contribution in [-0.4, -0.2) is 16.9 Å². The molecule has 0 bridgehead atoms. The first kappa shape index (κ1) is 11.2. The number of rotatable bonds is 3. The first-order valence-electron chi connectivity index (χ1n) is 5.30. The first-order valence-corrected chi connectivity index (χ1v) is 5.30. The van der Waals surface area contributed by atoms with E-state index in [1.807, 2.05) is 29.8 Å². The van der Waals surface area contributed by atoms with Gasteiger partial charge in [-0.15, -0.1) is 0 Å². The molecule has 4 nitrogen and oxygen atoms in total. The number of hydrogen-bond acceptors (Lipinski definition) is 3. The predicted molar refractivity (Wildman–Crippen MR) is 63.8 cm³/mol. The summed E-state index contributed by atoms with van der Waals surface area (Å²) in [5.41, 5.74) is 2.67. The second kappa shape index (κ2) is 4.71. The Kier molecular flexibility index (Phi) is 3.10. The van der Waals surface area contributed by atoms with E-state index in [0.717, 1.165) is 17.0 Å². The zero-order valence-corrected chi connectivity index (χ0v) is 9.84. The minimum Gasteiger partial charge on any atom is -0.496 e. The van der Waals surface area contributed by atoms with E-state index in [1.54, 1.807) is 19.4 Å². The van der Waals surface area contributed by atoms with Crippen molar-refractivity contribution < 1.29 is 4.74 Å². The Morgan fingerprint density at radius 1 is 1.41 bits per heavy atom. The minimum absolute atomic E-state index is 0.609. The molecule has 4 heteroatoms. The molecule has 0 radical (unpaired) electrons. The van der Waals surface area contributed by atoms with Crippen LogP contribution >= 0.6 is 0 Å². The van der Waals surface area contributed by atoms with Crippen molar-refractivity contribution in [2.75, 3.05) is 7.11 Å². The van der Waals surface area contributed by atoms with Crippen LogP contribution in [0.25, 0.3) is 0 Å². The normalized spacial score (nSPS) is 9.94. The van der Waals surface area contributed by atoms with Gasteiger partial charge < -0.3 is 4.74 Å². The van der Waals surface area contributed by atoms with Gasteiger partial charge in [-0.2, -0.15) is 10.4 Å². The summed E-state index contributed by atoms with van der Waals surface area (Å²) in [6.07, 6.45) is 1.76. The average Bonchev–Trinajstić information content (AvgIpc) is 2.75. The van der Waals surface area contributed by atoms with Crippen molar-refractivity contribution in [1.82, 2.24) is 9.78 Å². The molecule has 0 aliphatic heterocycles. The van der Waals surface area contributed by atoms with Crippen LogP contribution in [-0.2, 0) is 6.54 Å². The fourth-order valence-corrected chi connectivity index (χ4v) is 1.70. The second-order valence-electron chi connectivity index (χ2n) is 3.77. The van der Waals surface area contributed by atoms with E-state index in [9.17, 15) is 0 Å². The van der Waals surface area contributed by atoms with Crippen LogP contribution in [0.4, 0.5) is 0 Å². The largest absolute Gasteiger partial charge is 0.496 e. The predicted octanol–water partition coefficient (Wildman–Crippen LogP) is 2.12. The lowest BCUT2D eigenvalue weighted by molar-refractivity contribution is 0.407. The van der Waals surface area contributed by atoms with Crippen LogP contribution in [0.2, 0.25) is 0 Å². The highest BCUT2D eigenvalue weighted by atomic mass is 16.5. The lowest BCUT2D eigenvalue weighted by Gasteiger charge is -2.10. The molecule has 1 aromatic carbocycles. The molecule has 1 aromatic heterocycles. The van der Waals surface area contributed by atoms with Crippen molar-refractivity contribution in [2.45, 2.75) is 13.5 Å². The van der Waals surface area contributed by atoms with Gasteiger partial charge in [-0.1, -0.05) is 0 Å². The van der Waals surface area contributed by atoms with Gasteiger partial charge in [0, 0.05) is 17.5 Å². The fourth-order valence-electron chi connectivity index (χ4n) is 1.70. The Labute approximate surface area is 100 Å². The number of hydrogen-bond donors (Lipinski definition) is 0. The second-order valence-corrected chi connectivity index (χ2v) is 3.77. The lowest BCUT2D eigenvalue weighted by atomic mass is 10.1. The van der Waals surface area contributed by atoms with E-state index >= 15 is 0 Å². The summed E-state index contributed by atoms with van der Waals surface area (Å²) >= 11 is 0. The van der Waals surface area contributed by atoms with Crippen LogP contribution < -0.4 is 4.74 Å². The van der Waals surface area contributed by atoms with Crippen molar-refractivity contribution in [1.29, 1.82) is 5.26 Å². The molecule has 0 fully saturated rings. The maximum Gasteiger partial charge on any atom is 0.124 e. The summed E-state index contributed by atoms with van der Waals surface area (Å²) in [6, 6.07) is 9.47. The van der Waals surface area contributed by atoms with Gasteiger partial charge in [0.25, 0.3) is 0 Å². The highest BCUT2D eigenvalue weighted by Gasteiger charge is 2.06. The third-order valence-corrected chi connectivity index (χ3v) is 2.66. The molecule has 0 unspecified atom stereocenters. The lowest BCUT2D eigenvalue weighted by Crippen LogP contribution is -2.05. The summed E-state index contributed by atoms with van der Waals surface area (Å²) in [4.78, 5) is 0. The van der Waals surface area contributed by atoms with Crippen molar-refractivity contribution in [3.05, 3.63) is 47.3 Å². The minimum atomic E-state index is 0.609. The Morgan fingerprint density at radius 3 is 2.82 bits per heavy atom. The summed E-state index contributed by atoms with van der Waals surface area (Å²) in [6.45, 7) is 2.60. The van der Waals surface area contributed by atoms with Crippen LogP contribution in [0.1, 0.15) is 16.8 Å². The molecule has 86 valence electrons. The van der Waals surface area contributed by atoms with E-state index < -0.39 is 0 Å². The molecule has 17 heavy (non-hydrogen) atoms. The molecule has 0 aliphatic carbocycles. The highest BCUT2D eigenvalue weighted by Crippen LogP contribution is 2.20. The van der Waals surface area contributed by atoms with Crippen molar-refractivity contribution in [3.63, 3.8) is 0 Å². The molecule has 0 N–H and O–H groups in total.